The average molecular weight is 204 g/mol. The van der Waals surface area contributed by atoms with Crippen molar-refractivity contribution in [1.82, 2.24) is 0 Å². The Morgan fingerprint density at radius 1 is 1.56 bits per heavy atom. The van der Waals surface area contributed by atoms with Crippen molar-refractivity contribution in [2.75, 3.05) is 6.61 Å². The molecule has 1 nitrogen and oxygen atoms in total. The number of halogens is 4. The summed E-state index contributed by atoms with van der Waals surface area (Å²) in [6, 6.07) is 0. The van der Waals surface area contributed by atoms with Gasteiger partial charge in [-0.2, -0.15) is 13.2 Å². The highest BCUT2D eigenvalue weighted by molar-refractivity contribution is 9.11. The molecule has 9 heavy (non-hydrogen) atoms. The molecule has 0 rings (SSSR count). The number of allylic oxidation sites excluding steroid dienone is 1. The topological polar surface area (TPSA) is 19.9 Å². The molecule has 0 aliphatic carbocycles. The summed E-state index contributed by atoms with van der Waals surface area (Å²) in [5.41, 5.74) is 0. The standard InChI is InChI=1S/C4H3BrF3O/c5-3(1-2-9)4(6,7)8/h1H,2H2. The molecule has 0 aromatic carbocycles. The van der Waals surface area contributed by atoms with Gasteiger partial charge in [0.1, 0.15) is 6.61 Å². The van der Waals surface area contributed by atoms with E-state index < -0.39 is 17.3 Å². The molecule has 53 valence electrons. The molecule has 0 fully saturated rings. The Morgan fingerprint density at radius 3 is 2.11 bits per heavy atom. The lowest BCUT2D eigenvalue weighted by molar-refractivity contribution is -0.0834. The summed E-state index contributed by atoms with van der Waals surface area (Å²) in [5, 5.41) is 9.58. The third-order valence-electron chi connectivity index (χ3n) is 0.533. The van der Waals surface area contributed by atoms with Crippen molar-refractivity contribution < 1.29 is 18.3 Å². The predicted octanol–water partition coefficient (Wildman–Crippen LogP) is 2.26. The van der Waals surface area contributed by atoms with E-state index >= 15 is 0 Å². The van der Waals surface area contributed by atoms with Crippen LogP contribution in [-0.2, 0) is 5.11 Å². The molecule has 1 radical (unpaired) electrons. The van der Waals surface area contributed by atoms with Crippen LogP contribution in [0.3, 0.4) is 0 Å². The van der Waals surface area contributed by atoms with E-state index in [0.29, 0.717) is 6.08 Å². The molecule has 0 N–H and O–H groups in total. The van der Waals surface area contributed by atoms with E-state index in [2.05, 4.69) is 15.9 Å². The Kier molecular flexibility index (Phi) is 3.21. The molecular weight excluding hydrogens is 201 g/mol. The summed E-state index contributed by atoms with van der Waals surface area (Å²) in [7, 11) is 0. The lowest BCUT2D eigenvalue weighted by Crippen LogP contribution is -2.06. The van der Waals surface area contributed by atoms with E-state index in [0.717, 1.165) is 0 Å². The minimum atomic E-state index is -4.41. The van der Waals surface area contributed by atoms with Crippen LogP contribution in [0.15, 0.2) is 10.6 Å². The third-order valence-corrected chi connectivity index (χ3v) is 1.31. The van der Waals surface area contributed by atoms with Crippen LogP contribution in [0.4, 0.5) is 13.2 Å². The van der Waals surface area contributed by atoms with Gasteiger partial charge in [-0.25, -0.2) is 5.11 Å². The smallest absolute Gasteiger partial charge is 0.232 e. The lowest BCUT2D eigenvalue weighted by Gasteiger charge is -2.01. The van der Waals surface area contributed by atoms with Gasteiger partial charge in [-0.15, -0.1) is 0 Å². The highest BCUT2D eigenvalue weighted by Gasteiger charge is 2.31. The third kappa shape index (κ3) is 3.53. The Hall–Kier alpha value is -0.0300. The molecule has 0 amide bonds. The first-order valence-corrected chi connectivity index (χ1v) is 2.78. The summed E-state index contributed by atoms with van der Waals surface area (Å²) in [6.45, 7) is -0.861. The maximum Gasteiger partial charge on any atom is 0.422 e. The van der Waals surface area contributed by atoms with E-state index in [-0.39, 0.29) is 0 Å². The van der Waals surface area contributed by atoms with Gasteiger partial charge in [-0.1, -0.05) is 0 Å². The van der Waals surface area contributed by atoms with E-state index in [1.165, 1.54) is 0 Å². The second-order valence-electron chi connectivity index (χ2n) is 1.22. The van der Waals surface area contributed by atoms with Crippen LogP contribution in [0.1, 0.15) is 0 Å². The zero-order valence-electron chi connectivity index (χ0n) is 4.20. The quantitative estimate of drug-likeness (QED) is 0.624. The molecule has 0 atom stereocenters. The molecule has 0 bridgehead atoms. The first-order valence-electron chi connectivity index (χ1n) is 1.99. The van der Waals surface area contributed by atoms with Crippen LogP contribution in [0.2, 0.25) is 0 Å². The normalized spacial score (nSPS) is 14.1. The maximum absolute atomic E-state index is 11.4. The molecule has 5 heteroatoms. The van der Waals surface area contributed by atoms with Gasteiger partial charge in [-0.3, -0.25) is 0 Å². The number of hydrogen-bond acceptors (Lipinski definition) is 0. The number of rotatable bonds is 1. The highest BCUT2D eigenvalue weighted by atomic mass is 79.9. The summed E-state index contributed by atoms with van der Waals surface area (Å²) < 4.78 is 33.1. The summed E-state index contributed by atoms with van der Waals surface area (Å²) in [5.74, 6) is 0. The maximum atomic E-state index is 11.4. The van der Waals surface area contributed by atoms with E-state index in [1.54, 1.807) is 0 Å². The van der Waals surface area contributed by atoms with Crippen LogP contribution in [0.25, 0.3) is 0 Å². The van der Waals surface area contributed by atoms with Gasteiger partial charge in [0.15, 0.2) is 0 Å². The van der Waals surface area contributed by atoms with Crippen LogP contribution in [-0.4, -0.2) is 12.8 Å². The second kappa shape index (κ2) is 3.22. The first kappa shape index (κ1) is 8.97. The Bertz CT molecular complexity index is 117. The van der Waals surface area contributed by atoms with Crippen molar-refractivity contribution in [2.45, 2.75) is 6.18 Å². The zero-order chi connectivity index (χ0) is 7.49. The second-order valence-corrected chi connectivity index (χ2v) is 2.07. The predicted molar refractivity (Wildman–Crippen MR) is 28.6 cm³/mol. The van der Waals surface area contributed by atoms with E-state index in [4.69, 9.17) is 0 Å². The molecule has 0 saturated heterocycles. The van der Waals surface area contributed by atoms with Crippen molar-refractivity contribution >= 4 is 15.9 Å². The molecule has 0 heterocycles. The van der Waals surface area contributed by atoms with Crippen molar-refractivity contribution in [3.63, 3.8) is 0 Å². The van der Waals surface area contributed by atoms with Gasteiger partial charge in [0.25, 0.3) is 0 Å². The van der Waals surface area contributed by atoms with Gasteiger partial charge < -0.3 is 0 Å². The van der Waals surface area contributed by atoms with Gasteiger partial charge in [0.2, 0.25) is 0 Å². The molecule has 0 saturated carbocycles. The summed E-state index contributed by atoms with van der Waals surface area (Å²) >= 11 is 2.19. The Balaban J connectivity index is 4.03. The minimum absolute atomic E-state index is 0.528. The fourth-order valence-electron chi connectivity index (χ4n) is 0.189. The molecular formula is C4H3BrF3O. The summed E-state index contributed by atoms with van der Waals surface area (Å²) in [6.07, 6.45) is -3.88. The van der Waals surface area contributed by atoms with Crippen molar-refractivity contribution in [3.8, 4) is 0 Å². The fraction of sp³-hybridized carbons (Fsp3) is 0.500. The summed E-state index contributed by atoms with van der Waals surface area (Å²) in [4.78, 5) is 0. The fourth-order valence-corrected chi connectivity index (χ4v) is 0.321. The zero-order valence-corrected chi connectivity index (χ0v) is 5.79. The van der Waals surface area contributed by atoms with Crippen molar-refractivity contribution in [1.29, 1.82) is 0 Å². The van der Waals surface area contributed by atoms with Gasteiger partial charge in [0, 0.05) is 0 Å². The largest absolute Gasteiger partial charge is 0.422 e. The van der Waals surface area contributed by atoms with E-state index in [9.17, 15) is 18.3 Å². The Morgan fingerprint density at radius 2 is 2.00 bits per heavy atom. The molecule has 0 aliphatic rings. The molecule has 0 spiro atoms. The van der Waals surface area contributed by atoms with Gasteiger partial charge >= 0.3 is 6.18 Å². The number of alkyl halides is 3. The SMILES string of the molecule is [O]CC=C(Br)C(F)(F)F. The average Bonchev–Trinajstić information content (AvgIpc) is 1.64. The van der Waals surface area contributed by atoms with Crippen LogP contribution in [0.5, 0.6) is 0 Å². The van der Waals surface area contributed by atoms with Crippen LogP contribution < -0.4 is 0 Å². The minimum Gasteiger partial charge on any atom is -0.232 e. The van der Waals surface area contributed by atoms with Gasteiger partial charge in [0.05, 0.1) is 4.48 Å². The van der Waals surface area contributed by atoms with Crippen LogP contribution in [0, 0.1) is 0 Å². The molecule has 0 unspecified atom stereocenters. The van der Waals surface area contributed by atoms with Crippen molar-refractivity contribution in [3.05, 3.63) is 10.6 Å². The molecule has 0 aromatic rings. The highest BCUT2D eigenvalue weighted by Crippen LogP contribution is 2.29. The van der Waals surface area contributed by atoms with Crippen LogP contribution >= 0.6 is 15.9 Å². The first-order chi connectivity index (χ1) is 3.98. The molecule has 0 aliphatic heterocycles. The van der Waals surface area contributed by atoms with E-state index in [1.807, 2.05) is 0 Å². The van der Waals surface area contributed by atoms with Crippen molar-refractivity contribution in [2.24, 2.45) is 0 Å². The monoisotopic (exact) mass is 203 g/mol. The molecule has 0 aromatic heterocycles. The van der Waals surface area contributed by atoms with Gasteiger partial charge in [-0.05, 0) is 22.0 Å². The Labute approximate surface area is 58.3 Å². The number of hydrogen-bond donors (Lipinski definition) is 0. The lowest BCUT2D eigenvalue weighted by atomic mass is 10.5.